The van der Waals surface area contributed by atoms with Crippen LogP contribution in [0.4, 0.5) is 5.69 Å². The molecule has 1 aromatic heterocycles. The summed E-state index contributed by atoms with van der Waals surface area (Å²) in [4.78, 5) is 26.0. The van der Waals surface area contributed by atoms with Crippen molar-refractivity contribution in [2.24, 2.45) is 10.7 Å². The molecule has 0 atom stereocenters. The van der Waals surface area contributed by atoms with E-state index >= 15 is 0 Å². The normalized spacial score (nSPS) is 16.1. The lowest BCUT2D eigenvalue weighted by Crippen LogP contribution is -2.01. The Balaban J connectivity index is 1.94. The fraction of sp³-hybridized carbons (Fsp3) is 0. The van der Waals surface area contributed by atoms with Gasteiger partial charge in [0.25, 0.3) is 11.6 Å². The van der Waals surface area contributed by atoms with E-state index in [1.165, 1.54) is 12.1 Å². The van der Waals surface area contributed by atoms with Crippen molar-refractivity contribution < 1.29 is 14.1 Å². The van der Waals surface area contributed by atoms with Crippen LogP contribution >= 0.6 is 11.8 Å². The summed E-state index contributed by atoms with van der Waals surface area (Å²) >= 11 is 1.05. The van der Waals surface area contributed by atoms with Gasteiger partial charge in [-0.25, -0.2) is 0 Å². The zero-order valence-corrected chi connectivity index (χ0v) is 11.9. The van der Waals surface area contributed by atoms with E-state index in [0.717, 1.165) is 11.8 Å². The molecule has 8 heteroatoms. The molecule has 2 N–H and O–H groups in total. The van der Waals surface area contributed by atoms with Crippen LogP contribution in [-0.4, -0.2) is 16.0 Å². The highest BCUT2D eigenvalue weighted by Crippen LogP contribution is 2.32. The molecule has 0 saturated carbocycles. The number of nitro benzene ring substituents is 1. The summed E-state index contributed by atoms with van der Waals surface area (Å²) in [5.74, 6) is 0.323. The molecule has 2 heterocycles. The standard InChI is InChI=1S/C14H9N3O4S/c15-14-16-13(18)12(22-14)7-8-5-6-11(21-8)9-3-1-2-4-10(9)17(19)20/h1-7H,(H2,15,16,18). The first-order valence-electron chi connectivity index (χ1n) is 6.16. The third kappa shape index (κ3) is 2.63. The zero-order valence-electron chi connectivity index (χ0n) is 11.1. The number of amidine groups is 1. The van der Waals surface area contributed by atoms with Crippen LogP contribution in [0.15, 0.2) is 50.7 Å². The van der Waals surface area contributed by atoms with Gasteiger partial charge in [-0.05, 0) is 30.0 Å². The number of hydrogen-bond acceptors (Lipinski definition) is 6. The van der Waals surface area contributed by atoms with Crippen LogP contribution in [-0.2, 0) is 4.79 Å². The number of nitrogens with two attached hydrogens (primary N) is 1. The Morgan fingerprint density at radius 2 is 2.05 bits per heavy atom. The van der Waals surface area contributed by atoms with E-state index < -0.39 is 10.8 Å². The summed E-state index contributed by atoms with van der Waals surface area (Å²) in [5.41, 5.74) is 5.79. The second-order valence-electron chi connectivity index (χ2n) is 4.34. The lowest BCUT2D eigenvalue weighted by molar-refractivity contribution is -0.384. The van der Waals surface area contributed by atoms with Crippen LogP contribution in [0.2, 0.25) is 0 Å². The molecule has 1 aliphatic rings. The summed E-state index contributed by atoms with van der Waals surface area (Å²) in [7, 11) is 0. The van der Waals surface area contributed by atoms with Crippen LogP contribution in [0.5, 0.6) is 0 Å². The molecule has 22 heavy (non-hydrogen) atoms. The van der Waals surface area contributed by atoms with E-state index in [-0.39, 0.29) is 10.9 Å². The van der Waals surface area contributed by atoms with Gasteiger partial charge in [-0.15, -0.1) is 0 Å². The average Bonchev–Trinajstić information content (AvgIpc) is 3.06. The van der Waals surface area contributed by atoms with Crippen molar-refractivity contribution in [1.82, 2.24) is 0 Å². The molecule has 0 saturated heterocycles. The molecule has 0 fully saturated rings. The van der Waals surface area contributed by atoms with Gasteiger partial charge in [-0.1, -0.05) is 12.1 Å². The molecule has 1 aromatic carbocycles. The molecule has 0 unspecified atom stereocenters. The van der Waals surface area contributed by atoms with Gasteiger partial charge < -0.3 is 10.2 Å². The monoisotopic (exact) mass is 315 g/mol. The SMILES string of the molecule is NC1=NC(=O)C(=Cc2ccc(-c3ccccc3[N+](=O)[O-])o2)S1. The number of nitro groups is 1. The smallest absolute Gasteiger partial charge is 0.286 e. The number of amides is 1. The molecule has 0 bridgehead atoms. The third-order valence-corrected chi connectivity index (χ3v) is 3.72. The minimum absolute atomic E-state index is 0.0463. The molecule has 110 valence electrons. The lowest BCUT2D eigenvalue weighted by Gasteiger charge is -1.98. The van der Waals surface area contributed by atoms with Crippen LogP contribution in [0.25, 0.3) is 17.4 Å². The number of benzene rings is 1. The zero-order chi connectivity index (χ0) is 15.7. The van der Waals surface area contributed by atoms with Gasteiger partial charge in [0.1, 0.15) is 11.5 Å². The van der Waals surface area contributed by atoms with Crippen molar-refractivity contribution in [1.29, 1.82) is 0 Å². The third-order valence-electron chi connectivity index (χ3n) is 2.90. The van der Waals surface area contributed by atoms with Gasteiger partial charge >= 0.3 is 0 Å². The molecule has 0 spiro atoms. The first-order chi connectivity index (χ1) is 10.5. The number of hydrogen-bond donors (Lipinski definition) is 1. The molecule has 0 aliphatic carbocycles. The van der Waals surface area contributed by atoms with E-state index in [0.29, 0.717) is 22.0 Å². The van der Waals surface area contributed by atoms with Crippen molar-refractivity contribution in [3.63, 3.8) is 0 Å². The number of para-hydroxylation sites is 1. The Morgan fingerprint density at radius 1 is 1.27 bits per heavy atom. The van der Waals surface area contributed by atoms with Crippen molar-refractivity contribution in [3.05, 3.63) is 57.2 Å². The summed E-state index contributed by atoms with van der Waals surface area (Å²) < 4.78 is 5.57. The summed E-state index contributed by atoms with van der Waals surface area (Å²) in [6.45, 7) is 0. The second-order valence-corrected chi connectivity index (χ2v) is 5.40. The topological polar surface area (TPSA) is 112 Å². The Morgan fingerprint density at radius 3 is 2.73 bits per heavy atom. The Kier molecular flexibility index (Phi) is 3.51. The van der Waals surface area contributed by atoms with Crippen molar-refractivity contribution in [2.75, 3.05) is 0 Å². The number of thioether (sulfide) groups is 1. The molecular weight excluding hydrogens is 306 g/mol. The van der Waals surface area contributed by atoms with Crippen molar-refractivity contribution in [3.8, 4) is 11.3 Å². The molecule has 0 radical (unpaired) electrons. The van der Waals surface area contributed by atoms with Crippen LogP contribution in [0.1, 0.15) is 5.76 Å². The molecule has 1 aliphatic heterocycles. The fourth-order valence-corrected chi connectivity index (χ4v) is 2.63. The predicted octanol–water partition coefficient (Wildman–Crippen LogP) is 2.78. The first-order valence-corrected chi connectivity index (χ1v) is 6.98. The molecule has 7 nitrogen and oxygen atoms in total. The maximum absolute atomic E-state index is 11.5. The second kappa shape index (κ2) is 5.49. The van der Waals surface area contributed by atoms with Crippen LogP contribution in [0, 0.1) is 10.1 Å². The maximum Gasteiger partial charge on any atom is 0.286 e. The molecule has 1 amide bonds. The molecule has 2 aromatic rings. The minimum atomic E-state index is -0.471. The highest BCUT2D eigenvalue weighted by Gasteiger charge is 2.21. The number of aliphatic imine (C=N–C) groups is 1. The van der Waals surface area contributed by atoms with Gasteiger partial charge in [0, 0.05) is 12.1 Å². The quantitative estimate of drug-likeness (QED) is 0.529. The number of carbonyl (C=O) groups is 1. The van der Waals surface area contributed by atoms with E-state index in [1.54, 1.807) is 30.3 Å². The van der Waals surface area contributed by atoms with E-state index in [1.807, 2.05) is 0 Å². The Hall–Kier alpha value is -2.87. The van der Waals surface area contributed by atoms with Crippen LogP contribution < -0.4 is 5.73 Å². The predicted molar refractivity (Wildman–Crippen MR) is 83.0 cm³/mol. The van der Waals surface area contributed by atoms with E-state index in [4.69, 9.17) is 10.2 Å². The Labute approximate surface area is 128 Å². The number of furan rings is 1. The summed E-state index contributed by atoms with van der Waals surface area (Å²) in [6.07, 6.45) is 1.51. The fourth-order valence-electron chi connectivity index (χ4n) is 1.97. The van der Waals surface area contributed by atoms with Crippen molar-refractivity contribution in [2.45, 2.75) is 0 Å². The number of carbonyl (C=O) groups excluding carboxylic acids is 1. The summed E-state index contributed by atoms with van der Waals surface area (Å²) in [6, 6.07) is 9.52. The van der Waals surface area contributed by atoms with Gasteiger partial charge in [-0.2, -0.15) is 4.99 Å². The van der Waals surface area contributed by atoms with Gasteiger partial charge in [-0.3, -0.25) is 14.9 Å². The molecule has 3 rings (SSSR count). The highest BCUT2D eigenvalue weighted by atomic mass is 32.2. The van der Waals surface area contributed by atoms with Gasteiger partial charge in [0.05, 0.1) is 15.4 Å². The number of nitrogens with zero attached hydrogens (tertiary/aromatic N) is 2. The largest absolute Gasteiger partial charge is 0.456 e. The maximum atomic E-state index is 11.5. The van der Waals surface area contributed by atoms with Crippen LogP contribution in [0.3, 0.4) is 0 Å². The summed E-state index contributed by atoms with van der Waals surface area (Å²) in [5, 5.41) is 11.2. The molecular formula is C14H9N3O4S. The lowest BCUT2D eigenvalue weighted by atomic mass is 10.1. The highest BCUT2D eigenvalue weighted by molar-refractivity contribution is 8.18. The van der Waals surface area contributed by atoms with Gasteiger partial charge in [0.15, 0.2) is 5.17 Å². The number of rotatable bonds is 3. The first kappa shape index (κ1) is 14.1. The average molecular weight is 315 g/mol. The van der Waals surface area contributed by atoms with Gasteiger partial charge in [0.2, 0.25) is 0 Å². The minimum Gasteiger partial charge on any atom is -0.456 e. The Bertz CT molecular complexity index is 838. The van der Waals surface area contributed by atoms with Crippen molar-refractivity contribution >= 4 is 34.6 Å². The van der Waals surface area contributed by atoms with E-state index in [9.17, 15) is 14.9 Å². The van der Waals surface area contributed by atoms with E-state index in [2.05, 4.69) is 4.99 Å².